The van der Waals surface area contributed by atoms with Gasteiger partial charge in [-0.3, -0.25) is 9.59 Å². The van der Waals surface area contributed by atoms with E-state index in [4.69, 9.17) is 9.84 Å². The lowest BCUT2D eigenvalue weighted by atomic mass is 10.1. The predicted molar refractivity (Wildman–Crippen MR) is 171 cm³/mol. The molecule has 0 saturated carbocycles. The number of carboxylic acids is 1. The molecule has 1 unspecified atom stereocenters. The van der Waals surface area contributed by atoms with Crippen molar-refractivity contribution < 1.29 is 19.4 Å². The highest BCUT2D eigenvalue weighted by Gasteiger charge is 2.11. The van der Waals surface area contributed by atoms with Crippen LogP contribution >= 0.6 is 0 Å². The fraction of sp³-hybridized carbons (Fsp3) is 0.611. The van der Waals surface area contributed by atoms with Gasteiger partial charge in [0.05, 0.1) is 0 Å². The number of carboxylic acid groups (broad SMARTS) is 1. The van der Waals surface area contributed by atoms with Crippen LogP contribution in [0.2, 0.25) is 0 Å². The van der Waals surface area contributed by atoms with Crippen LogP contribution in [0.1, 0.15) is 136 Å². The van der Waals surface area contributed by atoms with Crippen LogP contribution in [0.4, 0.5) is 0 Å². The molecule has 0 aromatic rings. The van der Waals surface area contributed by atoms with E-state index in [0.717, 1.165) is 89.9 Å². The molecule has 0 heterocycles. The fourth-order valence-electron chi connectivity index (χ4n) is 4.13. The van der Waals surface area contributed by atoms with E-state index in [0.29, 0.717) is 12.8 Å². The van der Waals surface area contributed by atoms with Crippen LogP contribution in [0.25, 0.3) is 0 Å². The second-order valence-electron chi connectivity index (χ2n) is 10.2. The summed E-state index contributed by atoms with van der Waals surface area (Å²) < 4.78 is 5.80. The highest BCUT2D eigenvalue weighted by molar-refractivity contribution is 5.69. The summed E-state index contributed by atoms with van der Waals surface area (Å²) in [6.07, 6.45) is 43.5. The molecule has 0 fully saturated rings. The van der Waals surface area contributed by atoms with E-state index in [9.17, 15) is 9.59 Å². The monoisotopic (exact) mass is 554 g/mol. The lowest BCUT2D eigenvalue weighted by Gasteiger charge is -2.14. The van der Waals surface area contributed by atoms with Crippen molar-refractivity contribution in [2.45, 2.75) is 142 Å². The first-order valence-electron chi connectivity index (χ1n) is 15.9. The lowest BCUT2D eigenvalue weighted by Crippen LogP contribution is -2.16. The van der Waals surface area contributed by atoms with Crippen molar-refractivity contribution >= 4 is 11.9 Å². The maximum Gasteiger partial charge on any atom is 0.306 e. The molecule has 4 nitrogen and oxygen atoms in total. The first-order valence-corrected chi connectivity index (χ1v) is 15.9. The highest BCUT2D eigenvalue weighted by Crippen LogP contribution is 2.14. The molecule has 0 aliphatic heterocycles. The van der Waals surface area contributed by atoms with Gasteiger partial charge in [-0.05, 0) is 83.1 Å². The average molecular weight is 555 g/mol. The minimum atomic E-state index is -0.737. The van der Waals surface area contributed by atoms with Crippen LogP contribution < -0.4 is 0 Å². The summed E-state index contributed by atoms with van der Waals surface area (Å²) in [5.74, 6) is -0.846. The topological polar surface area (TPSA) is 63.6 Å². The molecule has 0 aliphatic carbocycles. The van der Waals surface area contributed by atoms with Gasteiger partial charge in [-0.15, -0.1) is 0 Å². The molecule has 0 radical (unpaired) electrons. The zero-order chi connectivity index (χ0) is 29.4. The second-order valence-corrected chi connectivity index (χ2v) is 10.2. The third-order valence-electron chi connectivity index (χ3n) is 6.41. The number of hydrogen-bond donors (Lipinski definition) is 1. The molecule has 0 aromatic heterocycles. The van der Waals surface area contributed by atoms with Crippen LogP contribution in [0.15, 0.2) is 72.9 Å². The number of allylic oxidation sites excluding steroid dienone is 11. The molecule has 1 N–H and O–H groups in total. The maximum absolute atomic E-state index is 12.5. The SMILES string of the molecule is CC/C=C\C/C=C\C/C=C\CCCCCCCC(=O)OC(/C=C\C/C=C\C/C=C\CC)CCCCCCC(=O)O. The minimum absolute atomic E-state index is 0.109. The van der Waals surface area contributed by atoms with Crippen LogP contribution in [-0.2, 0) is 14.3 Å². The summed E-state index contributed by atoms with van der Waals surface area (Å²) in [5, 5.41) is 8.78. The third kappa shape index (κ3) is 29.9. The summed E-state index contributed by atoms with van der Waals surface area (Å²) in [4.78, 5) is 23.1. The predicted octanol–water partition coefficient (Wildman–Crippen LogP) is 10.8. The van der Waals surface area contributed by atoms with Crippen molar-refractivity contribution in [3.63, 3.8) is 0 Å². The van der Waals surface area contributed by atoms with Gasteiger partial charge < -0.3 is 9.84 Å². The molecule has 0 rings (SSSR count). The Bertz CT molecular complexity index is 770. The van der Waals surface area contributed by atoms with E-state index in [1.807, 2.05) is 6.08 Å². The molecular weight excluding hydrogens is 496 g/mol. The minimum Gasteiger partial charge on any atom is -0.481 e. The Kier molecular flexibility index (Phi) is 28.9. The second kappa shape index (κ2) is 30.9. The Morgan fingerprint density at radius 1 is 0.575 bits per heavy atom. The first kappa shape index (κ1) is 37.4. The van der Waals surface area contributed by atoms with Gasteiger partial charge in [0.2, 0.25) is 0 Å². The number of rotatable bonds is 27. The zero-order valence-corrected chi connectivity index (χ0v) is 25.6. The number of hydrogen-bond acceptors (Lipinski definition) is 3. The van der Waals surface area contributed by atoms with Gasteiger partial charge in [-0.2, -0.15) is 0 Å². The van der Waals surface area contributed by atoms with Crippen molar-refractivity contribution in [2.75, 3.05) is 0 Å². The average Bonchev–Trinajstić information content (AvgIpc) is 2.93. The summed E-state index contributed by atoms with van der Waals surface area (Å²) in [6.45, 7) is 4.28. The van der Waals surface area contributed by atoms with Gasteiger partial charge >= 0.3 is 11.9 Å². The fourth-order valence-corrected chi connectivity index (χ4v) is 4.13. The number of aliphatic carboxylic acids is 1. The van der Waals surface area contributed by atoms with E-state index in [-0.39, 0.29) is 18.5 Å². The standard InChI is InChI=1S/C36H58O4/c1-3-5-7-9-11-13-14-15-16-17-18-19-21-23-29-33-36(39)40-34(31-27-24-25-28-32-35(37)38)30-26-22-20-12-10-8-6-4-2/h5-8,11-13,15-16,20,26,30,34H,3-4,9-10,14,17-19,21-25,27-29,31-33H2,1-2H3,(H,37,38)/b7-5-,8-6-,13-11-,16-15-,20-12-,30-26-. The number of carbonyl (C=O) groups excluding carboxylic acids is 1. The molecule has 0 saturated heterocycles. The third-order valence-corrected chi connectivity index (χ3v) is 6.41. The van der Waals surface area contributed by atoms with E-state index < -0.39 is 5.97 Å². The molecule has 0 amide bonds. The van der Waals surface area contributed by atoms with Gasteiger partial charge in [0, 0.05) is 12.8 Å². The highest BCUT2D eigenvalue weighted by atomic mass is 16.5. The number of ether oxygens (including phenoxy) is 1. The van der Waals surface area contributed by atoms with Crippen molar-refractivity contribution in [2.24, 2.45) is 0 Å². The van der Waals surface area contributed by atoms with Gasteiger partial charge in [0.15, 0.2) is 0 Å². The van der Waals surface area contributed by atoms with Crippen molar-refractivity contribution in [1.82, 2.24) is 0 Å². The largest absolute Gasteiger partial charge is 0.481 e. The normalized spacial score (nSPS) is 13.2. The quantitative estimate of drug-likeness (QED) is 0.0623. The Balaban J connectivity index is 4.16. The van der Waals surface area contributed by atoms with Crippen LogP contribution in [0.5, 0.6) is 0 Å². The van der Waals surface area contributed by atoms with Gasteiger partial charge in [0.1, 0.15) is 6.10 Å². The summed E-state index contributed by atoms with van der Waals surface area (Å²) in [5.41, 5.74) is 0. The molecule has 226 valence electrons. The Morgan fingerprint density at radius 2 is 1.05 bits per heavy atom. The molecule has 40 heavy (non-hydrogen) atoms. The Morgan fingerprint density at radius 3 is 1.65 bits per heavy atom. The van der Waals surface area contributed by atoms with Crippen molar-refractivity contribution in [3.05, 3.63) is 72.9 Å². The van der Waals surface area contributed by atoms with Crippen LogP contribution in [0.3, 0.4) is 0 Å². The number of esters is 1. The molecular formula is C36H58O4. The van der Waals surface area contributed by atoms with Crippen LogP contribution in [0, 0.1) is 0 Å². The van der Waals surface area contributed by atoms with E-state index >= 15 is 0 Å². The summed E-state index contributed by atoms with van der Waals surface area (Å²) >= 11 is 0. The summed E-state index contributed by atoms with van der Waals surface area (Å²) in [7, 11) is 0. The molecule has 0 aromatic carbocycles. The smallest absolute Gasteiger partial charge is 0.306 e. The van der Waals surface area contributed by atoms with E-state index in [2.05, 4.69) is 80.7 Å². The van der Waals surface area contributed by atoms with Crippen LogP contribution in [-0.4, -0.2) is 23.1 Å². The zero-order valence-electron chi connectivity index (χ0n) is 25.6. The maximum atomic E-state index is 12.5. The molecule has 0 aliphatic rings. The Labute approximate surface area is 246 Å². The van der Waals surface area contributed by atoms with E-state index in [1.54, 1.807) is 0 Å². The molecule has 0 spiro atoms. The van der Waals surface area contributed by atoms with Crippen molar-refractivity contribution in [1.29, 1.82) is 0 Å². The van der Waals surface area contributed by atoms with Crippen molar-refractivity contribution in [3.8, 4) is 0 Å². The molecule has 0 bridgehead atoms. The first-order chi connectivity index (χ1) is 19.6. The van der Waals surface area contributed by atoms with Gasteiger partial charge in [0.25, 0.3) is 0 Å². The Hall–Kier alpha value is -2.62. The van der Waals surface area contributed by atoms with Gasteiger partial charge in [-0.1, -0.05) is 113 Å². The number of unbranched alkanes of at least 4 members (excludes halogenated alkanes) is 8. The van der Waals surface area contributed by atoms with Gasteiger partial charge in [-0.25, -0.2) is 0 Å². The molecule has 1 atom stereocenters. The summed E-state index contributed by atoms with van der Waals surface area (Å²) in [6, 6.07) is 0. The number of carbonyl (C=O) groups is 2. The molecule has 4 heteroatoms. The lowest BCUT2D eigenvalue weighted by molar-refractivity contribution is -0.147. The van der Waals surface area contributed by atoms with E-state index in [1.165, 1.54) is 12.8 Å².